The van der Waals surface area contributed by atoms with Crippen LogP contribution in [0.15, 0.2) is 36.4 Å². The minimum atomic E-state index is -0.451. The van der Waals surface area contributed by atoms with Crippen LogP contribution in [0.1, 0.15) is 30.6 Å². The van der Waals surface area contributed by atoms with E-state index in [9.17, 15) is 14.4 Å². The topological polar surface area (TPSA) is 63.7 Å². The number of amides is 2. The smallest absolute Gasteiger partial charge is 0.338 e. The van der Waals surface area contributed by atoms with Gasteiger partial charge in [0.05, 0.1) is 29.2 Å². The van der Waals surface area contributed by atoms with Crippen molar-refractivity contribution in [3.8, 4) is 0 Å². The van der Waals surface area contributed by atoms with Gasteiger partial charge in [-0.15, -0.1) is 0 Å². The number of carbonyl (C=O) groups excluding carboxylic acids is 3. The van der Waals surface area contributed by atoms with Gasteiger partial charge in [0.2, 0.25) is 11.8 Å². The van der Waals surface area contributed by atoms with Gasteiger partial charge in [-0.05, 0) is 50.3 Å². The Kier molecular flexibility index (Phi) is 3.34. The van der Waals surface area contributed by atoms with Crippen molar-refractivity contribution in [3.05, 3.63) is 42.0 Å². The van der Waals surface area contributed by atoms with E-state index in [-0.39, 0.29) is 41.6 Å². The lowest BCUT2D eigenvalue weighted by atomic mass is 9.85. The molecule has 1 aromatic carbocycles. The molecule has 5 nitrogen and oxygen atoms in total. The number of nitrogens with zero attached hydrogens (tertiary/aromatic N) is 1. The second-order valence-electron chi connectivity index (χ2n) is 7.02. The molecule has 0 spiro atoms. The zero-order valence-electron chi connectivity index (χ0n) is 13.6. The fourth-order valence-electron chi connectivity index (χ4n) is 4.21. The van der Waals surface area contributed by atoms with Crippen LogP contribution in [0.4, 0.5) is 5.69 Å². The van der Waals surface area contributed by atoms with Crippen molar-refractivity contribution in [2.75, 3.05) is 4.90 Å². The number of allylic oxidation sites excluding steroid dienone is 2. The summed E-state index contributed by atoms with van der Waals surface area (Å²) >= 11 is 0. The molecule has 2 fully saturated rings. The van der Waals surface area contributed by atoms with Crippen molar-refractivity contribution in [1.29, 1.82) is 0 Å². The number of esters is 1. The highest BCUT2D eigenvalue weighted by Gasteiger charge is 2.59. The van der Waals surface area contributed by atoms with Gasteiger partial charge in [-0.2, -0.15) is 0 Å². The molecule has 4 atom stereocenters. The highest BCUT2D eigenvalue weighted by atomic mass is 16.5. The van der Waals surface area contributed by atoms with Crippen molar-refractivity contribution >= 4 is 23.5 Å². The van der Waals surface area contributed by atoms with Crippen molar-refractivity contribution in [2.24, 2.45) is 23.7 Å². The van der Waals surface area contributed by atoms with Gasteiger partial charge >= 0.3 is 5.97 Å². The monoisotopic (exact) mass is 325 g/mol. The van der Waals surface area contributed by atoms with E-state index in [1.54, 1.807) is 38.1 Å². The van der Waals surface area contributed by atoms with Crippen LogP contribution in [0.5, 0.6) is 0 Å². The molecule has 5 heteroatoms. The van der Waals surface area contributed by atoms with Crippen LogP contribution in [0, 0.1) is 23.7 Å². The standard InChI is InChI=1S/C19H19NO4/c1-10(2)24-19(23)13-4-3-5-14(9-13)20-17(21)15-11-6-7-12(8-11)16(15)18(20)22/h3-7,9-12,15-16H,8H2,1-2H3/t11-,12-,15+,16+/m0/s1. The second-order valence-corrected chi connectivity index (χ2v) is 7.02. The summed E-state index contributed by atoms with van der Waals surface area (Å²) in [4.78, 5) is 38.9. The first-order chi connectivity index (χ1) is 11.5. The van der Waals surface area contributed by atoms with E-state index in [1.807, 2.05) is 0 Å². The Bertz CT molecular complexity index is 736. The molecule has 24 heavy (non-hydrogen) atoms. The Labute approximate surface area is 140 Å². The van der Waals surface area contributed by atoms with Crippen LogP contribution in [0.25, 0.3) is 0 Å². The highest BCUT2D eigenvalue weighted by Crippen LogP contribution is 2.53. The van der Waals surface area contributed by atoms with Gasteiger partial charge in [-0.1, -0.05) is 18.2 Å². The zero-order chi connectivity index (χ0) is 17.0. The van der Waals surface area contributed by atoms with Gasteiger partial charge in [0.25, 0.3) is 0 Å². The Hall–Kier alpha value is -2.43. The molecule has 124 valence electrons. The molecule has 1 aromatic rings. The molecule has 0 unspecified atom stereocenters. The zero-order valence-corrected chi connectivity index (χ0v) is 13.6. The summed E-state index contributed by atoms with van der Waals surface area (Å²) in [6.07, 6.45) is 4.81. The van der Waals surface area contributed by atoms with Gasteiger partial charge in [-0.25, -0.2) is 9.69 Å². The van der Waals surface area contributed by atoms with Crippen molar-refractivity contribution in [3.63, 3.8) is 0 Å². The minimum absolute atomic E-state index is 0.142. The fraction of sp³-hybridized carbons (Fsp3) is 0.421. The number of hydrogen-bond acceptors (Lipinski definition) is 4. The third-order valence-electron chi connectivity index (χ3n) is 5.15. The van der Waals surface area contributed by atoms with E-state index >= 15 is 0 Å². The van der Waals surface area contributed by atoms with E-state index in [2.05, 4.69) is 12.2 Å². The summed E-state index contributed by atoms with van der Waals surface area (Å²) in [5, 5.41) is 0. The quantitative estimate of drug-likeness (QED) is 0.487. The second kappa shape index (κ2) is 5.30. The number of imide groups is 1. The maximum absolute atomic E-state index is 12.8. The minimum Gasteiger partial charge on any atom is -0.459 e. The molecule has 1 aliphatic heterocycles. The Balaban J connectivity index is 1.64. The molecule has 2 amide bonds. The molecule has 1 saturated carbocycles. The van der Waals surface area contributed by atoms with Crippen LogP contribution in [0.2, 0.25) is 0 Å². The van der Waals surface area contributed by atoms with Crippen molar-refractivity contribution < 1.29 is 19.1 Å². The maximum atomic E-state index is 12.8. The molecular formula is C19H19NO4. The lowest BCUT2D eigenvalue weighted by molar-refractivity contribution is -0.123. The number of benzene rings is 1. The highest BCUT2D eigenvalue weighted by molar-refractivity contribution is 6.23. The lowest BCUT2D eigenvalue weighted by Crippen LogP contribution is -2.33. The van der Waals surface area contributed by atoms with Crippen LogP contribution >= 0.6 is 0 Å². The predicted octanol–water partition coefficient (Wildman–Crippen LogP) is 2.56. The summed E-state index contributed by atoms with van der Waals surface area (Å²) in [5.41, 5.74) is 0.803. The number of rotatable bonds is 3. The largest absolute Gasteiger partial charge is 0.459 e. The number of anilines is 1. The SMILES string of the molecule is CC(C)OC(=O)c1cccc(N2C(=O)[C@H]3[C@H](C2=O)[C@H]2C=C[C@H]3C2)c1. The first-order valence-corrected chi connectivity index (χ1v) is 8.34. The predicted molar refractivity (Wildman–Crippen MR) is 87.2 cm³/mol. The lowest BCUT2D eigenvalue weighted by Gasteiger charge is -2.18. The van der Waals surface area contributed by atoms with Gasteiger partial charge < -0.3 is 4.74 Å². The van der Waals surface area contributed by atoms with E-state index in [0.29, 0.717) is 11.3 Å². The van der Waals surface area contributed by atoms with E-state index in [1.165, 1.54) is 4.90 Å². The third-order valence-corrected chi connectivity index (χ3v) is 5.15. The van der Waals surface area contributed by atoms with Gasteiger partial charge in [0, 0.05) is 0 Å². The summed E-state index contributed by atoms with van der Waals surface area (Å²) in [5.74, 6) is -0.857. The summed E-state index contributed by atoms with van der Waals surface area (Å²) in [7, 11) is 0. The molecule has 3 aliphatic rings. The number of hydrogen-bond donors (Lipinski definition) is 0. The Morgan fingerprint density at radius 1 is 1.12 bits per heavy atom. The third kappa shape index (κ3) is 2.11. The average molecular weight is 325 g/mol. The van der Waals surface area contributed by atoms with Gasteiger partial charge in [-0.3, -0.25) is 9.59 Å². The van der Waals surface area contributed by atoms with E-state index in [0.717, 1.165) is 6.42 Å². The molecule has 2 bridgehead atoms. The Morgan fingerprint density at radius 2 is 1.75 bits per heavy atom. The number of fused-ring (bicyclic) bond motifs is 5. The Morgan fingerprint density at radius 3 is 2.33 bits per heavy atom. The molecule has 2 aliphatic carbocycles. The molecule has 1 saturated heterocycles. The molecule has 1 heterocycles. The van der Waals surface area contributed by atoms with Gasteiger partial charge in [0.1, 0.15) is 0 Å². The van der Waals surface area contributed by atoms with Gasteiger partial charge in [0.15, 0.2) is 0 Å². The summed E-state index contributed by atoms with van der Waals surface area (Å²) in [6, 6.07) is 6.56. The summed E-state index contributed by atoms with van der Waals surface area (Å²) in [6.45, 7) is 3.55. The molecule has 0 radical (unpaired) electrons. The van der Waals surface area contributed by atoms with Crippen LogP contribution in [0.3, 0.4) is 0 Å². The summed E-state index contributed by atoms with van der Waals surface area (Å²) < 4.78 is 5.19. The molecule has 0 N–H and O–H groups in total. The van der Waals surface area contributed by atoms with Crippen LogP contribution in [-0.2, 0) is 14.3 Å². The maximum Gasteiger partial charge on any atom is 0.338 e. The number of carbonyl (C=O) groups is 3. The van der Waals surface area contributed by atoms with Crippen LogP contribution in [-0.4, -0.2) is 23.9 Å². The number of ether oxygens (including phenoxy) is 1. The molecule has 0 aromatic heterocycles. The van der Waals surface area contributed by atoms with Crippen molar-refractivity contribution in [2.45, 2.75) is 26.4 Å². The first-order valence-electron chi connectivity index (χ1n) is 8.34. The molecular weight excluding hydrogens is 306 g/mol. The van der Waals surface area contributed by atoms with E-state index in [4.69, 9.17) is 4.74 Å². The van der Waals surface area contributed by atoms with Crippen molar-refractivity contribution in [1.82, 2.24) is 0 Å². The first kappa shape index (κ1) is 15.1. The fourth-order valence-corrected chi connectivity index (χ4v) is 4.21. The van der Waals surface area contributed by atoms with E-state index < -0.39 is 5.97 Å². The normalized spacial score (nSPS) is 30.4. The van der Waals surface area contributed by atoms with Crippen LogP contribution < -0.4 is 4.90 Å². The molecule has 4 rings (SSSR count). The average Bonchev–Trinajstić information content (AvgIpc) is 3.21.